The average Bonchev–Trinajstić information content (AvgIpc) is 2.63. The third-order valence-electron chi connectivity index (χ3n) is 3.37. The van der Waals surface area contributed by atoms with Crippen LogP contribution in [0.15, 0.2) is 46.9 Å². The number of aromatic nitrogens is 4. The van der Waals surface area contributed by atoms with Crippen LogP contribution in [0, 0.1) is 0 Å². The molecule has 26 heavy (non-hydrogen) atoms. The predicted octanol–water partition coefficient (Wildman–Crippen LogP) is 3.24. The highest BCUT2D eigenvalue weighted by Crippen LogP contribution is 2.30. The SMILES string of the molecule is CC(Nc1ncnc2c(Cl)cc(Cl)cc12)/C(N=CN)=N\c1ncccn1. The summed E-state index contributed by atoms with van der Waals surface area (Å²) in [5, 5.41) is 4.83. The second-order valence-electron chi connectivity index (χ2n) is 5.17. The molecule has 0 amide bonds. The number of anilines is 1. The van der Waals surface area contributed by atoms with Crippen molar-refractivity contribution in [1.29, 1.82) is 0 Å². The number of rotatable bonds is 4. The molecule has 1 aromatic carbocycles. The van der Waals surface area contributed by atoms with Crippen molar-refractivity contribution in [3.05, 3.63) is 47.0 Å². The number of nitrogens with zero attached hydrogens (tertiary/aromatic N) is 6. The molecular weight excluding hydrogens is 375 g/mol. The summed E-state index contributed by atoms with van der Waals surface area (Å²) in [4.78, 5) is 25.0. The standard InChI is InChI=1S/C16H14Cl2N8/c1-9(14(22-7-19)26-16-20-3-2-4-21-16)25-15-11-5-10(17)6-12(18)13(11)23-8-24-15/h2-9H,1H3,(H,23,24,25)(H2,19,20,21,22,26). The van der Waals surface area contributed by atoms with Gasteiger partial charge >= 0.3 is 0 Å². The molecule has 1 atom stereocenters. The maximum absolute atomic E-state index is 6.21. The molecule has 0 radical (unpaired) electrons. The van der Waals surface area contributed by atoms with Gasteiger partial charge in [-0.15, -0.1) is 0 Å². The van der Waals surface area contributed by atoms with Gasteiger partial charge in [-0.2, -0.15) is 4.99 Å². The predicted molar refractivity (Wildman–Crippen MR) is 104 cm³/mol. The van der Waals surface area contributed by atoms with E-state index in [-0.39, 0.29) is 12.0 Å². The topological polar surface area (TPSA) is 114 Å². The summed E-state index contributed by atoms with van der Waals surface area (Å²) < 4.78 is 0. The lowest BCUT2D eigenvalue weighted by molar-refractivity contribution is 1.00. The molecule has 1 unspecified atom stereocenters. The van der Waals surface area contributed by atoms with Gasteiger partial charge in [0.25, 0.3) is 5.95 Å². The molecule has 0 fully saturated rings. The molecule has 0 saturated heterocycles. The Kier molecular flexibility index (Phi) is 5.55. The summed E-state index contributed by atoms with van der Waals surface area (Å²) in [6.07, 6.45) is 5.76. The smallest absolute Gasteiger partial charge is 0.251 e. The van der Waals surface area contributed by atoms with Gasteiger partial charge in [0.2, 0.25) is 0 Å². The molecule has 0 aliphatic heterocycles. The van der Waals surface area contributed by atoms with Gasteiger partial charge in [0.05, 0.1) is 22.9 Å². The van der Waals surface area contributed by atoms with Gasteiger partial charge in [-0.1, -0.05) is 23.2 Å². The maximum atomic E-state index is 6.21. The number of amidine groups is 1. The number of benzene rings is 1. The van der Waals surface area contributed by atoms with E-state index in [4.69, 9.17) is 28.9 Å². The minimum Gasteiger partial charge on any atom is -0.390 e. The van der Waals surface area contributed by atoms with E-state index in [1.165, 1.54) is 6.33 Å². The van der Waals surface area contributed by atoms with Crippen LogP contribution in [-0.2, 0) is 0 Å². The number of hydrogen-bond donors (Lipinski definition) is 2. The van der Waals surface area contributed by atoms with E-state index < -0.39 is 0 Å². The molecule has 2 heterocycles. The summed E-state index contributed by atoms with van der Waals surface area (Å²) in [6.45, 7) is 1.86. The first-order valence-electron chi connectivity index (χ1n) is 7.54. The summed E-state index contributed by atoms with van der Waals surface area (Å²) in [5.41, 5.74) is 6.03. The first kappa shape index (κ1) is 18.0. The van der Waals surface area contributed by atoms with Crippen molar-refractivity contribution >= 4 is 58.0 Å². The van der Waals surface area contributed by atoms with Gasteiger partial charge in [-0.3, -0.25) is 0 Å². The fraction of sp³-hybridized carbons (Fsp3) is 0.125. The third kappa shape index (κ3) is 4.04. The largest absolute Gasteiger partial charge is 0.390 e. The molecule has 2 aromatic heterocycles. The number of nitrogens with two attached hydrogens (primary N) is 1. The van der Waals surface area contributed by atoms with Gasteiger partial charge < -0.3 is 11.1 Å². The van der Waals surface area contributed by atoms with Crippen LogP contribution in [-0.4, -0.2) is 38.2 Å². The van der Waals surface area contributed by atoms with Crippen molar-refractivity contribution in [3.8, 4) is 0 Å². The fourth-order valence-corrected chi connectivity index (χ4v) is 2.78. The Labute approximate surface area is 159 Å². The van der Waals surface area contributed by atoms with Gasteiger partial charge in [0.1, 0.15) is 12.1 Å². The molecule has 8 nitrogen and oxygen atoms in total. The number of nitrogens with one attached hydrogen (secondary N) is 1. The van der Waals surface area contributed by atoms with E-state index in [1.807, 2.05) is 6.92 Å². The zero-order valence-electron chi connectivity index (χ0n) is 13.6. The fourth-order valence-electron chi connectivity index (χ4n) is 2.24. The monoisotopic (exact) mass is 388 g/mol. The van der Waals surface area contributed by atoms with Gasteiger partial charge in [-0.05, 0) is 25.1 Å². The molecule has 0 spiro atoms. The van der Waals surface area contributed by atoms with Crippen molar-refractivity contribution in [2.24, 2.45) is 15.7 Å². The second kappa shape index (κ2) is 8.03. The van der Waals surface area contributed by atoms with Crippen LogP contribution in [0.1, 0.15) is 6.92 Å². The van der Waals surface area contributed by atoms with Crippen molar-refractivity contribution < 1.29 is 0 Å². The molecule has 0 aliphatic rings. The summed E-state index contributed by atoms with van der Waals surface area (Å²) >= 11 is 12.3. The summed E-state index contributed by atoms with van der Waals surface area (Å²) in [7, 11) is 0. The van der Waals surface area contributed by atoms with Crippen LogP contribution >= 0.6 is 23.2 Å². The molecule has 10 heteroatoms. The number of fused-ring (bicyclic) bond motifs is 1. The lowest BCUT2D eigenvalue weighted by atomic mass is 10.2. The lowest BCUT2D eigenvalue weighted by Gasteiger charge is -2.15. The number of halogens is 2. The van der Waals surface area contributed by atoms with Crippen molar-refractivity contribution in [2.75, 3.05) is 5.32 Å². The van der Waals surface area contributed by atoms with E-state index in [1.54, 1.807) is 30.6 Å². The van der Waals surface area contributed by atoms with E-state index >= 15 is 0 Å². The van der Waals surface area contributed by atoms with Crippen molar-refractivity contribution in [1.82, 2.24) is 19.9 Å². The zero-order valence-corrected chi connectivity index (χ0v) is 15.1. The van der Waals surface area contributed by atoms with Crippen molar-refractivity contribution in [3.63, 3.8) is 0 Å². The van der Waals surface area contributed by atoms with Crippen molar-refractivity contribution in [2.45, 2.75) is 13.0 Å². The van der Waals surface area contributed by atoms with Crippen LogP contribution in [0.2, 0.25) is 10.0 Å². The van der Waals surface area contributed by atoms with E-state index in [9.17, 15) is 0 Å². The van der Waals surface area contributed by atoms with Crippen LogP contribution in [0.25, 0.3) is 10.9 Å². The Morgan fingerprint density at radius 2 is 1.96 bits per heavy atom. The molecule has 3 rings (SSSR count). The lowest BCUT2D eigenvalue weighted by Crippen LogP contribution is -2.26. The molecule has 132 valence electrons. The van der Waals surface area contributed by atoms with Gasteiger partial charge in [0, 0.05) is 22.8 Å². The van der Waals surface area contributed by atoms with E-state index in [2.05, 4.69) is 35.2 Å². The highest BCUT2D eigenvalue weighted by Gasteiger charge is 2.15. The zero-order chi connectivity index (χ0) is 18.5. The van der Waals surface area contributed by atoms with Crippen LogP contribution in [0.3, 0.4) is 0 Å². The van der Waals surface area contributed by atoms with Gasteiger partial charge in [0.15, 0.2) is 5.84 Å². The molecule has 3 aromatic rings. The number of hydrogen-bond acceptors (Lipinski definition) is 6. The second-order valence-corrected chi connectivity index (χ2v) is 6.01. The van der Waals surface area contributed by atoms with E-state index in [0.29, 0.717) is 32.6 Å². The first-order chi connectivity index (χ1) is 12.6. The Balaban J connectivity index is 1.97. The molecule has 3 N–H and O–H groups in total. The Bertz CT molecular complexity index is 975. The molecule has 0 aliphatic carbocycles. The van der Waals surface area contributed by atoms with Gasteiger partial charge in [-0.25, -0.2) is 24.9 Å². The molecule has 0 bridgehead atoms. The first-order valence-corrected chi connectivity index (χ1v) is 8.30. The Morgan fingerprint density at radius 3 is 2.69 bits per heavy atom. The molecular formula is C16H14Cl2N8. The summed E-state index contributed by atoms with van der Waals surface area (Å²) in [6, 6.07) is 4.72. The van der Waals surface area contributed by atoms with Crippen LogP contribution < -0.4 is 11.1 Å². The van der Waals surface area contributed by atoms with E-state index in [0.717, 1.165) is 6.34 Å². The highest BCUT2D eigenvalue weighted by atomic mass is 35.5. The minimum atomic E-state index is -0.352. The third-order valence-corrected chi connectivity index (χ3v) is 3.88. The Morgan fingerprint density at radius 1 is 1.19 bits per heavy atom. The number of aliphatic imine (C=N–C) groups is 2. The minimum absolute atomic E-state index is 0.278. The van der Waals surface area contributed by atoms with Crippen LogP contribution in [0.5, 0.6) is 0 Å². The average molecular weight is 389 g/mol. The highest BCUT2D eigenvalue weighted by molar-refractivity contribution is 6.38. The quantitative estimate of drug-likeness (QED) is 0.523. The maximum Gasteiger partial charge on any atom is 0.251 e. The normalized spacial score (nSPS) is 13.3. The van der Waals surface area contributed by atoms with Crippen LogP contribution in [0.4, 0.5) is 11.8 Å². The summed E-state index contributed by atoms with van der Waals surface area (Å²) in [5.74, 6) is 1.21. The Hall–Kier alpha value is -2.84. The molecule has 0 saturated carbocycles.